The van der Waals surface area contributed by atoms with Crippen molar-refractivity contribution in [3.63, 3.8) is 0 Å². The van der Waals surface area contributed by atoms with Gasteiger partial charge in [-0.15, -0.1) is 0 Å². The molecule has 2 aliphatic rings. The van der Waals surface area contributed by atoms with Gasteiger partial charge in [-0.25, -0.2) is 4.79 Å². The quantitative estimate of drug-likeness (QED) is 0.636. The van der Waals surface area contributed by atoms with Gasteiger partial charge in [-0.2, -0.15) is 0 Å². The van der Waals surface area contributed by atoms with Gasteiger partial charge in [0.25, 0.3) is 5.91 Å². The topological polar surface area (TPSA) is 136 Å². The van der Waals surface area contributed by atoms with Gasteiger partial charge in [0.1, 0.15) is 0 Å². The maximum Gasteiger partial charge on any atom is 0.338 e. The third-order valence-corrected chi connectivity index (χ3v) is 6.06. The van der Waals surface area contributed by atoms with E-state index in [1.165, 1.54) is 11.8 Å². The smallest absolute Gasteiger partial charge is 0.338 e. The van der Waals surface area contributed by atoms with Crippen LogP contribution in [0.3, 0.4) is 0 Å². The number of nitrogens with zero attached hydrogens (tertiary/aromatic N) is 2. The molecule has 3 unspecified atom stereocenters. The lowest BCUT2D eigenvalue weighted by molar-refractivity contribution is -0.142. The van der Waals surface area contributed by atoms with Crippen molar-refractivity contribution in [2.45, 2.75) is 38.7 Å². The Kier molecular flexibility index (Phi) is 7.14. The van der Waals surface area contributed by atoms with Crippen molar-refractivity contribution in [3.05, 3.63) is 29.8 Å². The van der Waals surface area contributed by atoms with Crippen molar-refractivity contribution in [2.24, 2.45) is 23.3 Å². The van der Waals surface area contributed by atoms with Crippen molar-refractivity contribution >= 4 is 29.4 Å². The molecule has 0 aliphatic carbocycles. The van der Waals surface area contributed by atoms with Crippen molar-refractivity contribution in [1.82, 2.24) is 4.90 Å². The predicted octanol–water partition coefficient (Wildman–Crippen LogP) is 0.658. The molecule has 9 nitrogen and oxygen atoms in total. The second kappa shape index (κ2) is 9.80. The first-order valence-electron chi connectivity index (χ1n) is 10.7. The second-order valence-corrected chi connectivity index (χ2v) is 8.31. The maximum absolute atomic E-state index is 12.6. The van der Waals surface area contributed by atoms with Crippen molar-refractivity contribution in [1.29, 1.82) is 0 Å². The van der Waals surface area contributed by atoms with Crippen LogP contribution in [-0.4, -0.2) is 60.9 Å². The highest BCUT2D eigenvalue weighted by Gasteiger charge is 2.31. The molecule has 0 spiro atoms. The average Bonchev–Trinajstić information content (AvgIpc) is 2.78. The molecule has 2 saturated heterocycles. The molecule has 31 heavy (non-hydrogen) atoms. The van der Waals surface area contributed by atoms with E-state index in [4.69, 9.17) is 16.2 Å². The second-order valence-electron chi connectivity index (χ2n) is 8.31. The highest BCUT2D eigenvalue weighted by atomic mass is 16.5. The highest BCUT2D eigenvalue weighted by molar-refractivity contribution is 5.92. The Hall–Kier alpha value is -3.10. The van der Waals surface area contributed by atoms with Crippen LogP contribution in [0.2, 0.25) is 0 Å². The van der Waals surface area contributed by atoms with E-state index in [2.05, 4.69) is 4.90 Å². The molecule has 2 heterocycles. The van der Waals surface area contributed by atoms with Crippen LogP contribution in [0, 0.1) is 11.8 Å². The number of benzene rings is 1. The van der Waals surface area contributed by atoms with Gasteiger partial charge in [-0.1, -0.05) is 0 Å². The molecule has 0 bridgehead atoms. The Morgan fingerprint density at radius 3 is 2.13 bits per heavy atom. The van der Waals surface area contributed by atoms with Crippen LogP contribution in [0.25, 0.3) is 0 Å². The monoisotopic (exact) mass is 430 g/mol. The van der Waals surface area contributed by atoms with E-state index < -0.39 is 18.0 Å². The Morgan fingerprint density at radius 1 is 0.935 bits per heavy atom. The van der Waals surface area contributed by atoms with Gasteiger partial charge in [-0.3, -0.25) is 14.4 Å². The molecular formula is C22H30N4O5. The number of rotatable bonds is 6. The van der Waals surface area contributed by atoms with Crippen LogP contribution >= 0.6 is 0 Å². The summed E-state index contributed by atoms with van der Waals surface area (Å²) in [4.78, 5) is 51.6. The summed E-state index contributed by atoms with van der Waals surface area (Å²) < 4.78 is 5.36. The number of hydrogen-bond donors (Lipinski definition) is 2. The molecule has 2 aliphatic heterocycles. The molecule has 3 amide bonds. The Bertz CT molecular complexity index is 841. The van der Waals surface area contributed by atoms with Gasteiger partial charge in [0.05, 0.1) is 17.4 Å². The maximum atomic E-state index is 12.6. The SMILES string of the molecule is CC(OC(=O)c1ccc(N2CCCC(C(N)=O)C2)cc1)C(=O)N1CCCC(C(N)=O)C1. The molecular weight excluding hydrogens is 400 g/mol. The minimum atomic E-state index is -0.961. The summed E-state index contributed by atoms with van der Waals surface area (Å²) in [6.45, 7) is 3.68. The molecule has 0 saturated carbocycles. The van der Waals surface area contributed by atoms with E-state index in [0.717, 1.165) is 25.1 Å². The summed E-state index contributed by atoms with van der Waals surface area (Å²) in [6.07, 6.45) is 2.06. The lowest BCUT2D eigenvalue weighted by Gasteiger charge is -2.33. The number of anilines is 1. The summed E-state index contributed by atoms with van der Waals surface area (Å²) in [7, 11) is 0. The molecule has 0 aromatic heterocycles. The van der Waals surface area contributed by atoms with Crippen molar-refractivity contribution in [3.8, 4) is 0 Å². The van der Waals surface area contributed by atoms with Crippen LogP contribution < -0.4 is 16.4 Å². The van der Waals surface area contributed by atoms with Crippen molar-refractivity contribution < 1.29 is 23.9 Å². The van der Waals surface area contributed by atoms with Crippen LogP contribution in [0.15, 0.2) is 24.3 Å². The largest absolute Gasteiger partial charge is 0.449 e. The van der Waals surface area contributed by atoms with Gasteiger partial charge in [0.2, 0.25) is 11.8 Å². The van der Waals surface area contributed by atoms with Crippen LogP contribution in [-0.2, 0) is 19.1 Å². The minimum Gasteiger partial charge on any atom is -0.449 e. The fourth-order valence-corrected chi connectivity index (χ4v) is 4.20. The predicted molar refractivity (Wildman–Crippen MR) is 114 cm³/mol. The molecule has 1 aromatic rings. The molecule has 9 heteroatoms. The van der Waals surface area contributed by atoms with Gasteiger partial charge in [-0.05, 0) is 56.9 Å². The van der Waals surface area contributed by atoms with E-state index in [1.807, 2.05) is 0 Å². The number of piperidine rings is 2. The normalized spacial score (nSPS) is 22.5. The average molecular weight is 431 g/mol. The van der Waals surface area contributed by atoms with Gasteiger partial charge in [0, 0.05) is 31.9 Å². The summed E-state index contributed by atoms with van der Waals surface area (Å²) in [5.74, 6) is -2.17. The summed E-state index contributed by atoms with van der Waals surface area (Å²) in [5.41, 5.74) is 12.0. The van der Waals surface area contributed by atoms with E-state index in [1.54, 1.807) is 24.3 Å². The number of primary amides is 2. The van der Waals surface area contributed by atoms with Gasteiger partial charge >= 0.3 is 5.97 Å². The number of amides is 3. The number of ether oxygens (including phenoxy) is 1. The lowest BCUT2D eigenvalue weighted by atomic mass is 9.97. The molecule has 1 aromatic carbocycles. The third kappa shape index (κ3) is 5.53. The number of carbonyl (C=O) groups is 4. The van der Waals surface area contributed by atoms with Crippen LogP contribution in [0.5, 0.6) is 0 Å². The Labute approximate surface area is 181 Å². The van der Waals surface area contributed by atoms with E-state index in [9.17, 15) is 19.2 Å². The first kappa shape index (κ1) is 22.6. The number of carbonyl (C=O) groups excluding carboxylic acids is 4. The van der Waals surface area contributed by atoms with Gasteiger partial charge < -0.3 is 26.0 Å². The van der Waals surface area contributed by atoms with Crippen LogP contribution in [0.4, 0.5) is 5.69 Å². The van der Waals surface area contributed by atoms with Gasteiger partial charge in [0.15, 0.2) is 6.10 Å². The number of nitrogens with two attached hydrogens (primary N) is 2. The van der Waals surface area contributed by atoms with Crippen molar-refractivity contribution in [2.75, 3.05) is 31.1 Å². The molecule has 3 rings (SSSR count). The number of likely N-dealkylation sites (tertiary alicyclic amines) is 1. The minimum absolute atomic E-state index is 0.172. The zero-order valence-electron chi connectivity index (χ0n) is 17.8. The Balaban J connectivity index is 1.57. The van der Waals surface area contributed by atoms with E-state index in [0.29, 0.717) is 31.5 Å². The highest BCUT2D eigenvalue weighted by Crippen LogP contribution is 2.24. The number of esters is 1. The molecule has 4 N–H and O–H groups in total. The van der Waals surface area contributed by atoms with E-state index in [-0.39, 0.29) is 30.2 Å². The Morgan fingerprint density at radius 2 is 1.52 bits per heavy atom. The van der Waals surface area contributed by atoms with E-state index >= 15 is 0 Å². The molecule has 3 atom stereocenters. The standard InChI is InChI=1S/C22H30N4O5/c1-14(21(29)26-11-3-5-17(13-26)20(24)28)31-22(30)15-6-8-18(9-7-15)25-10-2-4-16(12-25)19(23)27/h6-9,14,16-17H,2-5,10-13H2,1H3,(H2,23,27)(H2,24,28). The summed E-state index contributed by atoms with van der Waals surface area (Å²) >= 11 is 0. The first-order valence-corrected chi connectivity index (χ1v) is 10.7. The molecule has 0 radical (unpaired) electrons. The lowest BCUT2D eigenvalue weighted by Crippen LogP contribution is -2.48. The van der Waals surface area contributed by atoms with Crippen LogP contribution in [0.1, 0.15) is 43.0 Å². The summed E-state index contributed by atoms with van der Waals surface area (Å²) in [6, 6.07) is 6.89. The fourth-order valence-electron chi connectivity index (χ4n) is 4.20. The summed E-state index contributed by atoms with van der Waals surface area (Å²) in [5, 5.41) is 0. The fraction of sp³-hybridized carbons (Fsp3) is 0.545. The zero-order valence-corrected chi connectivity index (χ0v) is 17.8. The molecule has 2 fully saturated rings. The first-order chi connectivity index (χ1) is 14.8. The number of hydrogen-bond acceptors (Lipinski definition) is 6. The molecule has 168 valence electrons. The zero-order chi connectivity index (χ0) is 22.5. The third-order valence-electron chi connectivity index (χ3n) is 6.06.